The summed E-state index contributed by atoms with van der Waals surface area (Å²) in [5.41, 5.74) is 2.20. The second kappa shape index (κ2) is 7.80. The van der Waals surface area contributed by atoms with Crippen LogP contribution in [0.2, 0.25) is 5.02 Å². The predicted octanol–water partition coefficient (Wildman–Crippen LogP) is 3.72. The standard InChI is InChI=1S/C20H25ClN4O/c21-16-8-6-14(7-9-16)17-12-18(24-23-17)20(26)22-13-15-4-3-11-25-10-2-1-5-19(15)25/h6-9,12,15,19H,1-5,10-11,13H2,(H,22,26)(H,23,24)/t15-,19-/m1/s1. The molecule has 0 aliphatic carbocycles. The number of H-pyrrole nitrogens is 1. The van der Waals surface area contributed by atoms with E-state index < -0.39 is 0 Å². The van der Waals surface area contributed by atoms with E-state index in [9.17, 15) is 4.79 Å². The van der Waals surface area contributed by atoms with Crippen LogP contribution in [0.1, 0.15) is 42.6 Å². The van der Waals surface area contributed by atoms with Crippen LogP contribution in [0.25, 0.3) is 11.3 Å². The number of piperidine rings is 2. The van der Waals surface area contributed by atoms with Gasteiger partial charge in [0.05, 0.1) is 5.69 Å². The zero-order valence-electron chi connectivity index (χ0n) is 14.9. The Kier molecular flexibility index (Phi) is 5.27. The fourth-order valence-corrected chi connectivity index (χ4v) is 4.47. The molecule has 2 saturated heterocycles. The quantitative estimate of drug-likeness (QED) is 0.859. The zero-order valence-corrected chi connectivity index (χ0v) is 15.6. The van der Waals surface area contributed by atoms with Gasteiger partial charge in [0.15, 0.2) is 0 Å². The maximum absolute atomic E-state index is 12.5. The summed E-state index contributed by atoms with van der Waals surface area (Å²) in [5, 5.41) is 10.9. The summed E-state index contributed by atoms with van der Waals surface area (Å²) in [6.07, 6.45) is 6.35. The smallest absolute Gasteiger partial charge is 0.269 e. The molecule has 2 aromatic rings. The third kappa shape index (κ3) is 3.79. The van der Waals surface area contributed by atoms with Gasteiger partial charge in [-0.15, -0.1) is 0 Å². The molecule has 1 amide bonds. The molecule has 1 aromatic heterocycles. The minimum atomic E-state index is -0.0781. The van der Waals surface area contributed by atoms with Crippen molar-refractivity contribution in [1.29, 1.82) is 0 Å². The number of hydrogen-bond donors (Lipinski definition) is 2. The molecule has 2 fully saturated rings. The molecule has 0 spiro atoms. The number of rotatable bonds is 4. The number of nitrogens with zero attached hydrogens (tertiary/aromatic N) is 2. The van der Waals surface area contributed by atoms with E-state index in [0.29, 0.717) is 22.7 Å². The van der Waals surface area contributed by atoms with Gasteiger partial charge in [-0.05, 0) is 62.9 Å². The molecule has 6 heteroatoms. The highest BCUT2D eigenvalue weighted by Gasteiger charge is 2.33. The van der Waals surface area contributed by atoms with E-state index in [1.165, 1.54) is 45.2 Å². The van der Waals surface area contributed by atoms with Crippen LogP contribution in [0, 0.1) is 5.92 Å². The minimum absolute atomic E-state index is 0.0781. The van der Waals surface area contributed by atoms with Crippen molar-refractivity contribution < 1.29 is 4.79 Å². The zero-order chi connectivity index (χ0) is 17.9. The second-order valence-electron chi connectivity index (χ2n) is 7.39. The van der Waals surface area contributed by atoms with Crippen molar-refractivity contribution in [2.75, 3.05) is 19.6 Å². The number of amides is 1. The molecule has 0 unspecified atom stereocenters. The lowest BCUT2D eigenvalue weighted by molar-refractivity contribution is 0.0575. The van der Waals surface area contributed by atoms with Crippen LogP contribution in [0.4, 0.5) is 0 Å². The van der Waals surface area contributed by atoms with Crippen LogP contribution in [0.5, 0.6) is 0 Å². The van der Waals surface area contributed by atoms with Gasteiger partial charge in [0.2, 0.25) is 0 Å². The maximum Gasteiger partial charge on any atom is 0.269 e. The monoisotopic (exact) mass is 372 g/mol. The summed E-state index contributed by atoms with van der Waals surface area (Å²) >= 11 is 5.92. The number of aromatic amines is 1. The van der Waals surface area contributed by atoms with Crippen LogP contribution >= 0.6 is 11.6 Å². The average Bonchev–Trinajstić information content (AvgIpc) is 3.17. The molecule has 2 atom stereocenters. The molecule has 0 radical (unpaired) electrons. The van der Waals surface area contributed by atoms with E-state index in [1.54, 1.807) is 6.07 Å². The maximum atomic E-state index is 12.5. The van der Waals surface area contributed by atoms with Crippen LogP contribution in [0.3, 0.4) is 0 Å². The molecule has 138 valence electrons. The summed E-state index contributed by atoms with van der Waals surface area (Å²) in [4.78, 5) is 15.2. The Labute approximate surface area is 159 Å². The second-order valence-corrected chi connectivity index (χ2v) is 7.82. The lowest BCUT2D eigenvalue weighted by Crippen LogP contribution is -2.51. The minimum Gasteiger partial charge on any atom is -0.350 e. The van der Waals surface area contributed by atoms with E-state index in [1.807, 2.05) is 24.3 Å². The van der Waals surface area contributed by atoms with E-state index >= 15 is 0 Å². The number of halogens is 1. The molecule has 2 aliphatic rings. The molecule has 0 bridgehead atoms. The first-order valence-electron chi connectivity index (χ1n) is 9.54. The average molecular weight is 373 g/mol. The van der Waals surface area contributed by atoms with Gasteiger partial charge < -0.3 is 10.2 Å². The Hall–Kier alpha value is -1.85. The molecule has 2 N–H and O–H groups in total. The third-order valence-corrected chi connectivity index (χ3v) is 5.97. The lowest BCUT2D eigenvalue weighted by Gasteiger charge is -2.44. The van der Waals surface area contributed by atoms with Gasteiger partial charge in [-0.1, -0.05) is 30.2 Å². The SMILES string of the molecule is O=C(NC[C@H]1CCCN2CCCC[C@H]12)c1cc(-c2ccc(Cl)cc2)n[nH]1. The number of carbonyl (C=O) groups excluding carboxylic acids is 1. The molecule has 3 heterocycles. The Morgan fingerprint density at radius 2 is 2.00 bits per heavy atom. The van der Waals surface area contributed by atoms with Crippen molar-refractivity contribution >= 4 is 17.5 Å². The van der Waals surface area contributed by atoms with Crippen molar-refractivity contribution in [3.05, 3.63) is 41.0 Å². The number of carbonyl (C=O) groups is 1. The van der Waals surface area contributed by atoms with Crippen LogP contribution in [-0.4, -0.2) is 46.7 Å². The Balaban J connectivity index is 1.37. The fourth-order valence-electron chi connectivity index (χ4n) is 4.34. The summed E-state index contributed by atoms with van der Waals surface area (Å²) in [7, 11) is 0. The molecule has 0 saturated carbocycles. The van der Waals surface area contributed by atoms with Gasteiger partial charge in [-0.3, -0.25) is 9.89 Å². The first kappa shape index (κ1) is 17.6. The van der Waals surface area contributed by atoms with Crippen molar-refractivity contribution in [2.24, 2.45) is 5.92 Å². The van der Waals surface area contributed by atoms with Crippen LogP contribution in [-0.2, 0) is 0 Å². The summed E-state index contributed by atoms with van der Waals surface area (Å²) in [6.45, 7) is 3.19. The van der Waals surface area contributed by atoms with Gasteiger partial charge in [0.25, 0.3) is 5.91 Å². The molecular weight excluding hydrogens is 348 g/mol. The Bertz CT molecular complexity index is 755. The fraction of sp³-hybridized carbons (Fsp3) is 0.500. The van der Waals surface area contributed by atoms with Gasteiger partial charge in [0, 0.05) is 23.2 Å². The van der Waals surface area contributed by atoms with Crippen molar-refractivity contribution in [2.45, 2.75) is 38.1 Å². The number of fused-ring (bicyclic) bond motifs is 1. The van der Waals surface area contributed by atoms with Crippen LogP contribution < -0.4 is 5.32 Å². The number of nitrogens with one attached hydrogen (secondary N) is 2. The van der Waals surface area contributed by atoms with E-state index in [4.69, 9.17) is 11.6 Å². The Morgan fingerprint density at radius 3 is 2.85 bits per heavy atom. The predicted molar refractivity (Wildman–Crippen MR) is 103 cm³/mol. The highest BCUT2D eigenvalue weighted by Crippen LogP contribution is 2.30. The first-order chi connectivity index (χ1) is 12.7. The van der Waals surface area contributed by atoms with Crippen molar-refractivity contribution in [1.82, 2.24) is 20.4 Å². The van der Waals surface area contributed by atoms with Gasteiger partial charge in [-0.2, -0.15) is 5.10 Å². The molecular formula is C20H25ClN4O. The van der Waals surface area contributed by atoms with E-state index in [2.05, 4.69) is 20.4 Å². The first-order valence-corrected chi connectivity index (χ1v) is 9.92. The van der Waals surface area contributed by atoms with E-state index in [0.717, 1.165) is 17.8 Å². The number of hydrogen-bond acceptors (Lipinski definition) is 3. The topological polar surface area (TPSA) is 61.0 Å². The third-order valence-electron chi connectivity index (χ3n) is 5.72. The molecule has 1 aromatic carbocycles. The molecule has 4 rings (SSSR count). The highest BCUT2D eigenvalue weighted by atomic mass is 35.5. The van der Waals surface area contributed by atoms with Gasteiger partial charge in [-0.25, -0.2) is 0 Å². The molecule has 2 aliphatic heterocycles. The van der Waals surface area contributed by atoms with Crippen molar-refractivity contribution in [3.63, 3.8) is 0 Å². The van der Waals surface area contributed by atoms with E-state index in [-0.39, 0.29) is 5.91 Å². The van der Waals surface area contributed by atoms with Crippen LogP contribution in [0.15, 0.2) is 30.3 Å². The summed E-state index contributed by atoms with van der Waals surface area (Å²) in [6, 6.07) is 9.89. The lowest BCUT2D eigenvalue weighted by atomic mass is 9.83. The number of benzene rings is 1. The summed E-state index contributed by atoms with van der Waals surface area (Å²) < 4.78 is 0. The summed E-state index contributed by atoms with van der Waals surface area (Å²) in [5.74, 6) is 0.484. The largest absolute Gasteiger partial charge is 0.350 e. The molecule has 5 nitrogen and oxygen atoms in total. The number of aromatic nitrogens is 2. The normalized spacial score (nSPS) is 23.4. The molecule has 26 heavy (non-hydrogen) atoms. The van der Waals surface area contributed by atoms with Gasteiger partial charge in [0.1, 0.15) is 5.69 Å². The highest BCUT2D eigenvalue weighted by molar-refractivity contribution is 6.30. The Morgan fingerprint density at radius 1 is 1.19 bits per heavy atom. The van der Waals surface area contributed by atoms with Crippen molar-refractivity contribution in [3.8, 4) is 11.3 Å². The van der Waals surface area contributed by atoms with Gasteiger partial charge >= 0.3 is 0 Å².